The highest BCUT2D eigenvalue weighted by molar-refractivity contribution is 5.84. The Morgan fingerprint density at radius 2 is 1.58 bits per heavy atom. The van der Waals surface area contributed by atoms with Gasteiger partial charge in [-0.3, -0.25) is 0 Å². The smallest absolute Gasteiger partial charge is 0.371 e. The summed E-state index contributed by atoms with van der Waals surface area (Å²) in [6.07, 6.45) is 1.42. The molecule has 0 heterocycles. The van der Waals surface area contributed by atoms with Crippen molar-refractivity contribution in [2.24, 2.45) is 0 Å². The molecule has 3 heteroatoms. The number of ether oxygens (including phenoxy) is 1. The lowest BCUT2D eigenvalue weighted by molar-refractivity contribution is -0.135. The molecular formula is C16H14O3. The number of carboxylic acid groups (broad SMARTS) is 1. The van der Waals surface area contributed by atoms with Crippen LogP contribution in [-0.4, -0.2) is 11.1 Å². The maximum absolute atomic E-state index is 10.8. The van der Waals surface area contributed by atoms with Gasteiger partial charge in [-0.1, -0.05) is 42.5 Å². The van der Waals surface area contributed by atoms with E-state index in [-0.39, 0.29) is 5.76 Å². The molecule has 0 aromatic heterocycles. The van der Waals surface area contributed by atoms with E-state index in [1.54, 1.807) is 19.1 Å². The van der Waals surface area contributed by atoms with Gasteiger partial charge < -0.3 is 9.84 Å². The van der Waals surface area contributed by atoms with E-state index in [9.17, 15) is 4.79 Å². The Morgan fingerprint density at radius 3 is 2.11 bits per heavy atom. The average molecular weight is 254 g/mol. The SMILES string of the molecule is C/C=C(\Oc1ccc(-c2ccccc2)cc1)C(=O)O. The van der Waals surface area contributed by atoms with E-state index < -0.39 is 5.97 Å². The topological polar surface area (TPSA) is 46.5 Å². The maximum Gasteiger partial charge on any atom is 0.371 e. The van der Waals surface area contributed by atoms with Crippen molar-refractivity contribution in [3.8, 4) is 16.9 Å². The van der Waals surface area contributed by atoms with E-state index in [1.807, 2.05) is 42.5 Å². The zero-order valence-corrected chi connectivity index (χ0v) is 10.5. The van der Waals surface area contributed by atoms with Crippen LogP contribution in [0.4, 0.5) is 0 Å². The van der Waals surface area contributed by atoms with Gasteiger partial charge in [-0.2, -0.15) is 0 Å². The predicted molar refractivity (Wildman–Crippen MR) is 73.9 cm³/mol. The first-order valence-corrected chi connectivity index (χ1v) is 5.93. The number of rotatable bonds is 4. The third kappa shape index (κ3) is 3.22. The van der Waals surface area contributed by atoms with E-state index >= 15 is 0 Å². The van der Waals surface area contributed by atoms with E-state index in [0.29, 0.717) is 5.75 Å². The third-order valence-corrected chi connectivity index (χ3v) is 2.66. The van der Waals surface area contributed by atoms with E-state index in [0.717, 1.165) is 11.1 Å². The van der Waals surface area contributed by atoms with Crippen LogP contribution in [0.25, 0.3) is 11.1 Å². The minimum absolute atomic E-state index is 0.0764. The molecule has 96 valence electrons. The van der Waals surface area contributed by atoms with Crippen molar-refractivity contribution in [3.05, 3.63) is 66.4 Å². The molecule has 0 saturated carbocycles. The van der Waals surface area contributed by atoms with Crippen molar-refractivity contribution in [1.82, 2.24) is 0 Å². The van der Waals surface area contributed by atoms with Crippen molar-refractivity contribution in [2.75, 3.05) is 0 Å². The summed E-state index contributed by atoms with van der Waals surface area (Å²) in [4.78, 5) is 10.8. The van der Waals surface area contributed by atoms with Crippen LogP contribution in [0, 0.1) is 0 Å². The molecule has 0 radical (unpaired) electrons. The summed E-state index contributed by atoms with van der Waals surface area (Å²) in [6.45, 7) is 1.63. The van der Waals surface area contributed by atoms with Gasteiger partial charge in [-0.15, -0.1) is 0 Å². The van der Waals surface area contributed by atoms with Crippen molar-refractivity contribution >= 4 is 5.97 Å². The molecule has 0 unspecified atom stereocenters. The normalized spacial score (nSPS) is 11.1. The van der Waals surface area contributed by atoms with Crippen LogP contribution in [-0.2, 0) is 4.79 Å². The Hall–Kier alpha value is -2.55. The van der Waals surface area contributed by atoms with Gasteiger partial charge in [0.25, 0.3) is 0 Å². The number of carbonyl (C=O) groups is 1. The molecule has 2 rings (SSSR count). The van der Waals surface area contributed by atoms with Crippen LogP contribution in [0.1, 0.15) is 6.92 Å². The summed E-state index contributed by atoms with van der Waals surface area (Å²) in [5, 5.41) is 8.87. The highest BCUT2D eigenvalue weighted by Crippen LogP contribution is 2.23. The van der Waals surface area contributed by atoms with Crippen LogP contribution >= 0.6 is 0 Å². The van der Waals surface area contributed by atoms with Gasteiger partial charge in [0.1, 0.15) is 5.75 Å². The summed E-state index contributed by atoms with van der Waals surface area (Å²) < 4.78 is 5.28. The fraction of sp³-hybridized carbons (Fsp3) is 0.0625. The Balaban J connectivity index is 2.18. The van der Waals surface area contributed by atoms with Crippen LogP contribution in [0.5, 0.6) is 5.75 Å². The molecule has 2 aromatic carbocycles. The van der Waals surface area contributed by atoms with Gasteiger partial charge >= 0.3 is 5.97 Å². The number of allylic oxidation sites excluding steroid dienone is 1. The molecule has 0 fully saturated rings. The molecule has 0 spiro atoms. The molecule has 2 aromatic rings. The van der Waals surface area contributed by atoms with Crippen LogP contribution < -0.4 is 4.74 Å². The Bertz CT molecular complexity index is 583. The highest BCUT2D eigenvalue weighted by atomic mass is 16.5. The number of benzene rings is 2. The second-order valence-electron chi connectivity index (χ2n) is 3.95. The molecule has 1 N–H and O–H groups in total. The molecule has 19 heavy (non-hydrogen) atoms. The Morgan fingerprint density at radius 1 is 1.00 bits per heavy atom. The van der Waals surface area contributed by atoms with Gasteiger partial charge in [-0.25, -0.2) is 4.79 Å². The van der Waals surface area contributed by atoms with Gasteiger partial charge in [0, 0.05) is 0 Å². The third-order valence-electron chi connectivity index (χ3n) is 2.66. The predicted octanol–water partition coefficient (Wildman–Crippen LogP) is 3.72. The second-order valence-corrected chi connectivity index (χ2v) is 3.95. The Kier molecular flexibility index (Phi) is 3.98. The standard InChI is InChI=1S/C16H14O3/c1-2-15(16(17)18)19-14-10-8-13(9-11-14)12-6-4-3-5-7-12/h2-11H,1H3,(H,17,18)/b15-2-. The van der Waals surface area contributed by atoms with Gasteiger partial charge in [0.05, 0.1) is 0 Å². The molecule has 0 aliphatic heterocycles. The number of carboxylic acids is 1. The van der Waals surface area contributed by atoms with Crippen molar-refractivity contribution in [1.29, 1.82) is 0 Å². The molecule has 0 amide bonds. The summed E-state index contributed by atoms with van der Waals surface area (Å²) in [6, 6.07) is 17.3. The lowest BCUT2D eigenvalue weighted by Gasteiger charge is -2.07. The van der Waals surface area contributed by atoms with Crippen molar-refractivity contribution in [2.45, 2.75) is 6.92 Å². The second kappa shape index (κ2) is 5.87. The fourth-order valence-corrected chi connectivity index (χ4v) is 1.70. The summed E-state index contributed by atoms with van der Waals surface area (Å²) in [5.41, 5.74) is 2.17. The lowest BCUT2D eigenvalue weighted by atomic mass is 10.1. The number of hydrogen-bond acceptors (Lipinski definition) is 2. The molecule has 0 saturated heterocycles. The quantitative estimate of drug-likeness (QED) is 0.668. The lowest BCUT2D eigenvalue weighted by Crippen LogP contribution is -2.07. The monoisotopic (exact) mass is 254 g/mol. The zero-order chi connectivity index (χ0) is 13.7. The maximum atomic E-state index is 10.8. The van der Waals surface area contributed by atoms with Crippen molar-refractivity contribution < 1.29 is 14.6 Å². The molecule has 0 aliphatic rings. The number of aliphatic carboxylic acids is 1. The molecular weight excluding hydrogens is 240 g/mol. The van der Waals surface area contributed by atoms with Gasteiger partial charge in [0.15, 0.2) is 0 Å². The molecule has 3 nitrogen and oxygen atoms in total. The minimum atomic E-state index is -1.07. The minimum Gasteiger partial charge on any atom is -0.475 e. The summed E-state index contributed by atoms with van der Waals surface area (Å²) in [5.74, 6) is -0.641. The first-order valence-electron chi connectivity index (χ1n) is 5.93. The van der Waals surface area contributed by atoms with E-state index in [2.05, 4.69) is 0 Å². The highest BCUT2D eigenvalue weighted by Gasteiger charge is 2.08. The number of hydrogen-bond donors (Lipinski definition) is 1. The van der Waals surface area contributed by atoms with Crippen LogP contribution in [0.3, 0.4) is 0 Å². The zero-order valence-electron chi connectivity index (χ0n) is 10.5. The van der Waals surface area contributed by atoms with Gasteiger partial charge in [-0.05, 0) is 36.3 Å². The first kappa shape index (κ1) is 12.9. The summed E-state index contributed by atoms with van der Waals surface area (Å²) in [7, 11) is 0. The van der Waals surface area contributed by atoms with Crippen molar-refractivity contribution in [3.63, 3.8) is 0 Å². The van der Waals surface area contributed by atoms with Crippen LogP contribution in [0.2, 0.25) is 0 Å². The molecule has 0 bridgehead atoms. The Labute approximate surface area is 111 Å². The van der Waals surface area contributed by atoms with E-state index in [4.69, 9.17) is 9.84 Å². The average Bonchev–Trinajstić information content (AvgIpc) is 2.46. The first-order chi connectivity index (χ1) is 9.20. The molecule has 0 aliphatic carbocycles. The van der Waals surface area contributed by atoms with Crippen LogP contribution in [0.15, 0.2) is 66.4 Å². The van der Waals surface area contributed by atoms with E-state index in [1.165, 1.54) is 6.08 Å². The fourth-order valence-electron chi connectivity index (χ4n) is 1.70. The summed E-state index contributed by atoms with van der Waals surface area (Å²) >= 11 is 0. The van der Waals surface area contributed by atoms with Gasteiger partial charge in [0.2, 0.25) is 5.76 Å². The molecule has 0 atom stereocenters. The largest absolute Gasteiger partial charge is 0.475 e.